The second-order valence-corrected chi connectivity index (χ2v) is 7.55. The van der Waals surface area contributed by atoms with Gasteiger partial charge in [-0.3, -0.25) is 9.59 Å². The quantitative estimate of drug-likeness (QED) is 0.548. The summed E-state index contributed by atoms with van der Waals surface area (Å²) in [5.41, 5.74) is -0.131. The fraction of sp³-hybridized carbons (Fsp3) is 0. The minimum atomic E-state index is -1.14. The lowest BCUT2D eigenvalue weighted by Gasteiger charge is -2.15. The number of hydrogen-bond donors (Lipinski definition) is 0. The average molecular weight is 428 g/mol. The topological polar surface area (TPSA) is 63.7 Å². The smallest absolute Gasteiger partial charge is 0.324 e. The molecule has 0 radical (unpaired) electrons. The first-order valence-corrected chi connectivity index (χ1v) is 9.57. The molecule has 0 atom stereocenters. The van der Waals surface area contributed by atoms with Crippen LogP contribution in [0.4, 0.5) is 4.39 Å². The van der Waals surface area contributed by atoms with Gasteiger partial charge in [-0.05, 0) is 48.5 Å². The molecule has 4 rings (SSSR count). The van der Waals surface area contributed by atoms with Crippen molar-refractivity contribution in [1.29, 1.82) is 0 Å². The van der Waals surface area contributed by atoms with Crippen LogP contribution in [0.1, 0.15) is 31.1 Å². The van der Waals surface area contributed by atoms with Crippen molar-refractivity contribution in [3.63, 3.8) is 0 Å². The molecule has 0 aromatic heterocycles. The lowest BCUT2D eigenvalue weighted by molar-refractivity contribution is -0.0590. The van der Waals surface area contributed by atoms with Crippen molar-refractivity contribution in [2.75, 3.05) is 0 Å². The molecule has 0 unspecified atom stereocenters. The van der Waals surface area contributed by atoms with Gasteiger partial charge in [0.05, 0.1) is 11.1 Å². The highest BCUT2D eigenvalue weighted by Gasteiger charge is 2.39. The van der Waals surface area contributed by atoms with Gasteiger partial charge in [0.2, 0.25) is 0 Å². The molecule has 0 aliphatic carbocycles. The number of benzene rings is 3. The minimum absolute atomic E-state index is 0.120. The maximum Gasteiger partial charge on any atom is 0.368 e. The number of carbonyl (C=O) groups excluding carboxylic acids is 3. The molecule has 2 amide bonds. The summed E-state index contributed by atoms with van der Waals surface area (Å²) in [7, 11) is 0. The van der Waals surface area contributed by atoms with Crippen molar-refractivity contribution in [3.05, 3.63) is 94.3 Å². The third-order valence-corrected chi connectivity index (χ3v) is 5.47. The van der Waals surface area contributed by atoms with Crippen molar-refractivity contribution < 1.29 is 23.6 Å². The van der Waals surface area contributed by atoms with E-state index < -0.39 is 23.6 Å². The van der Waals surface area contributed by atoms with Crippen molar-refractivity contribution in [2.45, 2.75) is 9.79 Å². The van der Waals surface area contributed by atoms with Gasteiger partial charge in [0.1, 0.15) is 11.4 Å². The van der Waals surface area contributed by atoms with E-state index in [1.54, 1.807) is 42.5 Å². The molecule has 5 nitrogen and oxygen atoms in total. The first-order chi connectivity index (χ1) is 14.0. The summed E-state index contributed by atoms with van der Waals surface area (Å²) in [6.45, 7) is 0. The Bertz CT molecular complexity index is 1110. The molecule has 1 aliphatic rings. The number of nitrogens with zero attached hydrogens (tertiary/aromatic N) is 1. The van der Waals surface area contributed by atoms with E-state index in [-0.39, 0.29) is 21.6 Å². The second-order valence-electron chi connectivity index (χ2n) is 6.00. The Hall–Kier alpha value is -3.16. The van der Waals surface area contributed by atoms with Crippen LogP contribution in [-0.4, -0.2) is 22.8 Å². The first-order valence-electron chi connectivity index (χ1n) is 8.38. The number of hydroxylamine groups is 2. The van der Waals surface area contributed by atoms with E-state index in [0.29, 0.717) is 10.1 Å². The number of halogens is 2. The number of hydrogen-bond acceptors (Lipinski definition) is 5. The van der Waals surface area contributed by atoms with Crippen molar-refractivity contribution in [2.24, 2.45) is 0 Å². The third-order valence-electron chi connectivity index (χ3n) is 4.15. The number of carbonyl (C=O) groups is 3. The monoisotopic (exact) mass is 427 g/mol. The van der Waals surface area contributed by atoms with Crippen LogP contribution in [-0.2, 0) is 4.84 Å². The molecular formula is C21H11ClFNO4S. The highest BCUT2D eigenvalue weighted by atomic mass is 35.5. The minimum Gasteiger partial charge on any atom is -0.324 e. The molecule has 0 fully saturated rings. The summed E-state index contributed by atoms with van der Waals surface area (Å²) < 4.78 is 14.5. The third kappa shape index (κ3) is 3.62. The van der Waals surface area contributed by atoms with Gasteiger partial charge in [0.15, 0.2) is 0 Å². The lowest BCUT2D eigenvalue weighted by Crippen LogP contribution is -2.33. The molecule has 1 aliphatic heterocycles. The second kappa shape index (κ2) is 7.69. The number of rotatable bonds is 4. The van der Waals surface area contributed by atoms with Gasteiger partial charge in [0, 0.05) is 14.8 Å². The fourth-order valence-corrected chi connectivity index (χ4v) is 3.88. The summed E-state index contributed by atoms with van der Waals surface area (Å²) in [5, 5.41) is 0.898. The fourth-order valence-electron chi connectivity index (χ4n) is 2.80. The highest BCUT2D eigenvalue weighted by Crippen LogP contribution is 2.33. The Morgan fingerprint density at radius 2 is 1.52 bits per heavy atom. The van der Waals surface area contributed by atoms with Crippen molar-refractivity contribution >= 4 is 41.1 Å². The summed E-state index contributed by atoms with van der Waals surface area (Å²) in [5.74, 6) is -3.52. The van der Waals surface area contributed by atoms with Crippen LogP contribution < -0.4 is 0 Å². The normalized spacial score (nSPS) is 12.8. The summed E-state index contributed by atoms with van der Waals surface area (Å²) in [4.78, 5) is 43.4. The molecule has 0 N–H and O–H groups in total. The molecule has 8 heteroatoms. The van der Waals surface area contributed by atoms with E-state index in [2.05, 4.69) is 0 Å². The zero-order valence-corrected chi connectivity index (χ0v) is 16.2. The van der Waals surface area contributed by atoms with Crippen LogP contribution in [0.25, 0.3) is 0 Å². The molecule has 3 aromatic rings. The average Bonchev–Trinajstić information content (AvgIpc) is 2.95. The van der Waals surface area contributed by atoms with E-state index in [9.17, 15) is 18.8 Å². The maximum atomic E-state index is 14.5. The van der Waals surface area contributed by atoms with E-state index in [4.69, 9.17) is 16.4 Å². The number of amides is 2. The molecule has 0 saturated heterocycles. The molecule has 0 spiro atoms. The van der Waals surface area contributed by atoms with Crippen LogP contribution >= 0.6 is 23.4 Å². The predicted octanol–water partition coefficient (Wildman–Crippen LogP) is 5.00. The number of fused-ring (bicyclic) bond motifs is 1. The zero-order valence-electron chi connectivity index (χ0n) is 14.6. The summed E-state index contributed by atoms with van der Waals surface area (Å²) in [6, 6.07) is 17.0. The van der Waals surface area contributed by atoms with Crippen molar-refractivity contribution in [3.8, 4) is 0 Å². The van der Waals surface area contributed by atoms with E-state index in [0.717, 1.165) is 22.7 Å². The number of imide groups is 1. The van der Waals surface area contributed by atoms with Gasteiger partial charge in [-0.2, -0.15) is 0 Å². The van der Waals surface area contributed by atoms with Gasteiger partial charge in [0.25, 0.3) is 11.8 Å². The summed E-state index contributed by atoms with van der Waals surface area (Å²) >= 11 is 6.99. The van der Waals surface area contributed by atoms with Gasteiger partial charge < -0.3 is 4.84 Å². The van der Waals surface area contributed by atoms with Gasteiger partial charge in [-0.15, -0.1) is 0 Å². The molecule has 144 valence electrons. The van der Waals surface area contributed by atoms with Gasteiger partial charge >= 0.3 is 5.97 Å². The Kier molecular flexibility index (Phi) is 5.08. The first kappa shape index (κ1) is 19.2. The van der Waals surface area contributed by atoms with Crippen LogP contribution in [0.5, 0.6) is 0 Å². The highest BCUT2D eigenvalue weighted by molar-refractivity contribution is 7.99. The standard InChI is InChI=1S/C21H11ClFNO4S/c22-12-8-10-13(11-9-12)29-17-7-3-6-16(23)18(17)21(27)28-24-19(25)14-4-1-2-5-15(14)20(24)26/h1-11H. The molecular weight excluding hydrogens is 417 g/mol. The Labute approximate surface area is 174 Å². The SMILES string of the molecule is O=C(ON1C(=O)c2ccccc2C1=O)c1c(F)cccc1Sc1ccc(Cl)cc1. The lowest BCUT2D eigenvalue weighted by atomic mass is 10.1. The molecule has 0 saturated carbocycles. The van der Waals surface area contributed by atoms with E-state index in [1.807, 2.05) is 0 Å². The van der Waals surface area contributed by atoms with Crippen LogP contribution in [0.3, 0.4) is 0 Å². The van der Waals surface area contributed by atoms with Crippen LogP contribution in [0.2, 0.25) is 5.02 Å². The van der Waals surface area contributed by atoms with Crippen molar-refractivity contribution in [1.82, 2.24) is 5.06 Å². The Morgan fingerprint density at radius 1 is 0.897 bits per heavy atom. The molecule has 3 aromatic carbocycles. The zero-order chi connectivity index (χ0) is 20.5. The Balaban J connectivity index is 1.62. The van der Waals surface area contributed by atoms with Crippen LogP contribution in [0, 0.1) is 5.82 Å². The van der Waals surface area contributed by atoms with Crippen LogP contribution in [0.15, 0.2) is 76.5 Å². The molecule has 29 heavy (non-hydrogen) atoms. The largest absolute Gasteiger partial charge is 0.368 e. The molecule has 0 bridgehead atoms. The predicted molar refractivity (Wildman–Crippen MR) is 104 cm³/mol. The maximum absolute atomic E-state index is 14.5. The van der Waals surface area contributed by atoms with Gasteiger partial charge in [-0.1, -0.05) is 46.6 Å². The molecule has 1 heterocycles. The van der Waals surface area contributed by atoms with E-state index >= 15 is 0 Å². The van der Waals surface area contributed by atoms with E-state index in [1.165, 1.54) is 18.2 Å². The summed E-state index contributed by atoms with van der Waals surface area (Å²) in [6.07, 6.45) is 0. The van der Waals surface area contributed by atoms with Gasteiger partial charge in [-0.25, -0.2) is 9.18 Å². The Morgan fingerprint density at radius 3 is 2.14 bits per heavy atom.